The van der Waals surface area contributed by atoms with E-state index in [-0.39, 0.29) is 36.3 Å². The van der Waals surface area contributed by atoms with Crippen molar-refractivity contribution < 1.29 is 14.7 Å². The van der Waals surface area contributed by atoms with Crippen LogP contribution in [-0.2, 0) is 4.79 Å². The predicted octanol–water partition coefficient (Wildman–Crippen LogP) is 2.03. The van der Waals surface area contributed by atoms with E-state index in [9.17, 15) is 9.59 Å². The molecule has 0 aliphatic heterocycles. The van der Waals surface area contributed by atoms with Crippen LogP contribution in [0.2, 0.25) is 0 Å². The number of aliphatic hydroxyl groups excluding tert-OH is 1. The number of carbonyl (C=O) groups is 2. The molecule has 1 aliphatic rings. The number of nitrogens with one attached hydrogen (secondary N) is 2. The van der Waals surface area contributed by atoms with Gasteiger partial charge in [0, 0.05) is 29.8 Å². The van der Waals surface area contributed by atoms with Gasteiger partial charge in [0.25, 0.3) is 5.91 Å². The van der Waals surface area contributed by atoms with E-state index in [1.807, 2.05) is 13.8 Å². The molecule has 4 unspecified atom stereocenters. The largest absolute Gasteiger partial charge is 0.396 e. The number of carbonyl (C=O) groups excluding carboxylic acids is 2. The minimum absolute atomic E-state index is 0.0109. The van der Waals surface area contributed by atoms with Gasteiger partial charge in [-0.3, -0.25) is 9.59 Å². The summed E-state index contributed by atoms with van der Waals surface area (Å²) in [5, 5.41) is 14.8. The summed E-state index contributed by atoms with van der Waals surface area (Å²) < 4.78 is 0. The lowest BCUT2D eigenvalue weighted by molar-refractivity contribution is -0.117. The van der Waals surface area contributed by atoms with Gasteiger partial charge in [-0.25, -0.2) is 0 Å². The predicted molar refractivity (Wildman–Crippen MR) is 85.5 cm³/mol. The Hall–Kier alpha value is -1.88. The molecule has 0 radical (unpaired) electrons. The molecule has 1 saturated carbocycles. The van der Waals surface area contributed by atoms with Crippen LogP contribution in [0.1, 0.15) is 37.6 Å². The van der Waals surface area contributed by atoms with E-state index in [0.717, 1.165) is 6.42 Å². The summed E-state index contributed by atoms with van der Waals surface area (Å²) in [5.41, 5.74) is 1.14. The van der Waals surface area contributed by atoms with Crippen molar-refractivity contribution in [3.8, 4) is 0 Å². The van der Waals surface area contributed by atoms with Crippen molar-refractivity contribution in [3.05, 3.63) is 29.8 Å². The molecule has 3 N–H and O–H groups in total. The molecule has 0 spiro atoms. The number of anilines is 1. The maximum absolute atomic E-state index is 12.2. The van der Waals surface area contributed by atoms with Crippen LogP contribution in [0.4, 0.5) is 5.69 Å². The van der Waals surface area contributed by atoms with E-state index in [4.69, 9.17) is 5.11 Å². The van der Waals surface area contributed by atoms with Gasteiger partial charge in [-0.15, -0.1) is 0 Å². The Kier molecular flexibility index (Phi) is 5.19. The van der Waals surface area contributed by atoms with Crippen molar-refractivity contribution >= 4 is 17.5 Å². The summed E-state index contributed by atoms with van der Waals surface area (Å²) >= 11 is 0. The Morgan fingerprint density at radius 3 is 2.64 bits per heavy atom. The number of hydrogen-bond donors (Lipinski definition) is 3. The van der Waals surface area contributed by atoms with Crippen molar-refractivity contribution in [2.75, 3.05) is 11.9 Å². The molecule has 120 valence electrons. The van der Waals surface area contributed by atoms with E-state index >= 15 is 0 Å². The molecule has 0 heterocycles. The number of hydrogen-bond acceptors (Lipinski definition) is 3. The zero-order valence-corrected chi connectivity index (χ0v) is 13.3. The normalized spacial score (nSPS) is 22.5. The summed E-state index contributed by atoms with van der Waals surface area (Å²) in [6.07, 6.45) is 0.933. The number of benzene rings is 1. The summed E-state index contributed by atoms with van der Waals surface area (Å²) in [6, 6.07) is 6.79. The highest BCUT2D eigenvalue weighted by molar-refractivity contribution is 5.98. The fourth-order valence-electron chi connectivity index (χ4n) is 2.25. The Morgan fingerprint density at radius 1 is 1.36 bits per heavy atom. The van der Waals surface area contributed by atoms with Gasteiger partial charge in [0.05, 0.1) is 0 Å². The molecule has 22 heavy (non-hydrogen) atoms. The third-order valence-corrected chi connectivity index (χ3v) is 4.34. The monoisotopic (exact) mass is 304 g/mol. The third kappa shape index (κ3) is 4.07. The molecule has 1 fully saturated rings. The molecule has 2 amide bonds. The van der Waals surface area contributed by atoms with E-state index in [2.05, 4.69) is 17.6 Å². The van der Waals surface area contributed by atoms with Crippen molar-refractivity contribution in [2.24, 2.45) is 17.8 Å². The SMILES string of the molecule is CC(CO)C(C)NC(=O)c1cccc(NC(=O)C2CC2C)c1. The van der Waals surface area contributed by atoms with Crippen LogP contribution in [-0.4, -0.2) is 29.6 Å². The highest BCUT2D eigenvalue weighted by Crippen LogP contribution is 2.38. The molecule has 0 saturated heterocycles. The van der Waals surface area contributed by atoms with Gasteiger partial charge in [0.2, 0.25) is 5.91 Å². The van der Waals surface area contributed by atoms with E-state index in [1.54, 1.807) is 24.3 Å². The average molecular weight is 304 g/mol. The maximum atomic E-state index is 12.2. The van der Waals surface area contributed by atoms with Gasteiger partial charge < -0.3 is 15.7 Å². The first-order valence-corrected chi connectivity index (χ1v) is 7.75. The van der Waals surface area contributed by atoms with E-state index in [1.165, 1.54) is 0 Å². The second kappa shape index (κ2) is 6.92. The first-order chi connectivity index (χ1) is 10.4. The van der Waals surface area contributed by atoms with Crippen LogP contribution in [0.5, 0.6) is 0 Å². The second-order valence-corrected chi connectivity index (χ2v) is 6.31. The van der Waals surface area contributed by atoms with Crippen molar-refractivity contribution in [2.45, 2.75) is 33.2 Å². The van der Waals surface area contributed by atoms with Gasteiger partial charge >= 0.3 is 0 Å². The van der Waals surface area contributed by atoms with Gasteiger partial charge in [-0.1, -0.05) is 19.9 Å². The second-order valence-electron chi connectivity index (χ2n) is 6.31. The smallest absolute Gasteiger partial charge is 0.251 e. The molecule has 2 rings (SSSR count). The standard InChI is InChI=1S/C17H24N2O3/c1-10-7-15(10)17(22)19-14-6-4-5-13(8-14)16(21)18-12(3)11(2)9-20/h4-6,8,10-12,15,20H,7,9H2,1-3H3,(H,18,21)(H,19,22). The Morgan fingerprint density at radius 2 is 2.05 bits per heavy atom. The van der Waals surface area contributed by atoms with Crippen molar-refractivity contribution in [1.82, 2.24) is 5.32 Å². The molecule has 1 aromatic carbocycles. The molecule has 0 aromatic heterocycles. The van der Waals surface area contributed by atoms with Gasteiger partial charge in [-0.2, -0.15) is 0 Å². The highest BCUT2D eigenvalue weighted by atomic mass is 16.3. The topological polar surface area (TPSA) is 78.4 Å². The van der Waals surface area contributed by atoms with Crippen LogP contribution in [0.25, 0.3) is 0 Å². The van der Waals surface area contributed by atoms with Crippen LogP contribution < -0.4 is 10.6 Å². The van der Waals surface area contributed by atoms with E-state index < -0.39 is 0 Å². The van der Waals surface area contributed by atoms with Crippen LogP contribution in [0.15, 0.2) is 24.3 Å². The molecular weight excluding hydrogens is 280 g/mol. The first-order valence-electron chi connectivity index (χ1n) is 7.75. The van der Waals surface area contributed by atoms with Crippen LogP contribution in [0.3, 0.4) is 0 Å². The third-order valence-electron chi connectivity index (χ3n) is 4.34. The maximum Gasteiger partial charge on any atom is 0.251 e. The van der Waals surface area contributed by atoms with Crippen LogP contribution in [0, 0.1) is 17.8 Å². The Labute approximate surface area is 131 Å². The molecule has 4 atom stereocenters. The first kappa shape index (κ1) is 16.5. The zero-order valence-electron chi connectivity index (χ0n) is 13.3. The number of amides is 2. The minimum atomic E-state index is -0.205. The zero-order chi connectivity index (χ0) is 16.3. The van der Waals surface area contributed by atoms with Crippen LogP contribution >= 0.6 is 0 Å². The molecule has 5 nitrogen and oxygen atoms in total. The number of rotatable bonds is 6. The van der Waals surface area contributed by atoms with Gasteiger partial charge in [-0.05, 0) is 43.4 Å². The lowest BCUT2D eigenvalue weighted by Crippen LogP contribution is -2.38. The summed E-state index contributed by atoms with van der Waals surface area (Å²) in [7, 11) is 0. The lowest BCUT2D eigenvalue weighted by Gasteiger charge is -2.19. The quantitative estimate of drug-likeness (QED) is 0.752. The van der Waals surface area contributed by atoms with Gasteiger partial charge in [0.1, 0.15) is 0 Å². The highest BCUT2D eigenvalue weighted by Gasteiger charge is 2.39. The fourth-order valence-corrected chi connectivity index (χ4v) is 2.25. The summed E-state index contributed by atoms with van der Waals surface area (Å²) in [4.78, 5) is 24.1. The molecule has 0 bridgehead atoms. The van der Waals surface area contributed by atoms with Crippen molar-refractivity contribution in [3.63, 3.8) is 0 Å². The van der Waals surface area contributed by atoms with E-state index in [0.29, 0.717) is 17.2 Å². The number of aliphatic hydroxyl groups is 1. The minimum Gasteiger partial charge on any atom is -0.396 e. The van der Waals surface area contributed by atoms with Gasteiger partial charge in [0.15, 0.2) is 0 Å². The molecule has 1 aliphatic carbocycles. The molecule has 1 aromatic rings. The molecule has 5 heteroatoms. The molecular formula is C17H24N2O3. The fraction of sp³-hybridized carbons (Fsp3) is 0.529. The Balaban J connectivity index is 1.98. The summed E-state index contributed by atoms with van der Waals surface area (Å²) in [6.45, 7) is 5.81. The van der Waals surface area contributed by atoms with Crippen molar-refractivity contribution in [1.29, 1.82) is 0 Å². The average Bonchev–Trinajstić information content (AvgIpc) is 3.23. The Bertz CT molecular complexity index is 559. The lowest BCUT2D eigenvalue weighted by atomic mass is 10.0. The summed E-state index contributed by atoms with van der Waals surface area (Å²) in [5.74, 6) is 0.356.